The molecule has 1 unspecified atom stereocenters. The molecule has 0 saturated carbocycles. The number of hydrogen-bond acceptors (Lipinski definition) is 5. The van der Waals surface area contributed by atoms with Crippen LogP contribution in [0.5, 0.6) is 0 Å². The van der Waals surface area contributed by atoms with Gasteiger partial charge in [0.05, 0.1) is 13.2 Å². The molecule has 0 amide bonds. The number of carbonyl (C=O) groups is 2. The Hall–Kier alpha value is -1.57. The normalized spacial score (nSPS) is 13.3. The maximum atomic E-state index is 11.9. The smallest absolute Gasteiger partial charge is 0.454 e. The van der Waals surface area contributed by atoms with Gasteiger partial charge in [-0.05, 0) is 13.8 Å². The Balaban J connectivity index is 4.23. The maximum Gasteiger partial charge on any atom is 0.454 e. The lowest BCUT2D eigenvalue weighted by molar-refractivity contribution is -0.165. The zero-order chi connectivity index (χ0) is 14.9. The molecule has 0 aromatic carbocycles. The second kappa shape index (κ2) is 8.52. The summed E-state index contributed by atoms with van der Waals surface area (Å²) in [6, 6.07) is 0. The highest BCUT2D eigenvalue weighted by Gasteiger charge is 2.36. The van der Waals surface area contributed by atoms with Gasteiger partial charge in [0.2, 0.25) is 0 Å². The van der Waals surface area contributed by atoms with Gasteiger partial charge < -0.3 is 14.8 Å². The Kier molecular flexibility index (Phi) is 7.81. The number of esters is 1. The average molecular weight is 283 g/mol. The molecule has 0 rings (SSSR count). The van der Waals surface area contributed by atoms with Gasteiger partial charge in [-0.25, -0.2) is 4.79 Å². The van der Waals surface area contributed by atoms with Crippen molar-refractivity contribution in [2.75, 3.05) is 19.8 Å². The van der Waals surface area contributed by atoms with E-state index in [0.717, 1.165) is 6.20 Å². The van der Waals surface area contributed by atoms with E-state index in [2.05, 4.69) is 5.32 Å². The highest BCUT2D eigenvalue weighted by molar-refractivity contribution is 5.94. The van der Waals surface area contributed by atoms with E-state index in [1.807, 2.05) is 0 Å². The molecule has 1 N–H and O–H groups in total. The van der Waals surface area contributed by atoms with Crippen LogP contribution in [0.2, 0.25) is 0 Å². The Morgan fingerprint density at radius 1 is 1.26 bits per heavy atom. The molecule has 8 heteroatoms. The van der Waals surface area contributed by atoms with Gasteiger partial charge in [0.25, 0.3) is 5.78 Å². The van der Waals surface area contributed by atoms with Gasteiger partial charge in [0.15, 0.2) is 6.10 Å². The standard InChI is InChI=1S/C11H16F3NO4/c1-3-18-8(10(17)19-4-2)7-15-6-5-9(16)11(12,13)14/h5-6,8,15H,3-4,7H2,1-2H3. The minimum Gasteiger partial charge on any atom is -0.464 e. The maximum absolute atomic E-state index is 11.9. The predicted molar refractivity (Wildman–Crippen MR) is 60.3 cm³/mol. The molecule has 0 aliphatic heterocycles. The van der Waals surface area contributed by atoms with Crippen molar-refractivity contribution >= 4 is 11.8 Å². The first kappa shape index (κ1) is 17.4. The Bertz CT molecular complexity index is 328. The molecule has 0 aromatic heterocycles. The lowest BCUT2D eigenvalue weighted by atomic mass is 10.3. The highest BCUT2D eigenvalue weighted by Crippen LogP contribution is 2.15. The average Bonchev–Trinajstić information content (AvgIpc) is 2.31. The number of allylic oxidation sites excluding steroid dienone is 1. The summed E-state index contributed by atoms with van der Waals surface area (Å²) >= 11 is 0. The molecule has 0 bridgehead atoms. The first-order valence-electron chi connectivity index (χ1n) is 5.62. The van der Waals surface area contributed by atoms with E-state index in [1.54, 1.807) is 13.8 Å². The third-order valence-electron chi connectivity index (χ3n) is 1.85. The van der Waals surface area contributed by atoms with Crippen molar-refractivity contribution in [2.24, 2.45) is 0 Å². The third kappa shape index (κ3) is 7.45. The molecule has 0 saturated heterocycles. The van der Waals surface area contributed by atoms with Crippen molar-refractivity contribution in [3.05, 3.63) is 12.3 Å². The molecular weight excluding hydrogens is 267 g/mol. The number of ether oxygens (including phenoxy) is 2. The molecule has 19 heavy (non-hydrogen) atoms. The van der Waals surface area contributed by atoms with Crippen molar-refractivity contribution < 1.29 is 32.2 Å². The van der Waals surface area contributed by atoms with Crippen molar-refractivity contribution in [3.63, 3.8) is 0 Å². The topological polar surface area (TPSA) is 64.6 Å². The molecule has 0 heterocycles. The fourth-order valence-corrected chi connectivity index (χ4v) is 1.05. The second-order valence-electron chi connectivity index (χ2n) is 3.30. The predicted octanol–water partition coefficient (Wildman–Crippen LogP) is 1.19. The number of nitrogens with one attached hydrogen (secondary N) is 1. The quantitative estimate of drug-likeness (QED) is 0.535. The minimum absolute atomic E-state index is 0.0890. The first-order valence-corrected chi connectivity index (χ1v) is 5.62. The number of alkyl halides is 3. The minimum atomic E-state index is -4.90. The molecule has 110 valence electrons. The third-order valence-corrected chi connectivity index (χ3v) is 1.85. The van der Waals surface area contributed by atoms with Crippen LogP contribution in [0.15, 0.2) is 12.3 Å². The van der Waals surface area contributed by atoms with Crippen LogP contribution in [0.3, 0.4) is 0 Å². The monoisotopic (exact) mass is 283 g/mol. The summed E-state index contributed by atoms with van der Waals surface area (Å²) in [5.41, 5.74) is 0. The van der Waals surface area contributed by atoms with E-state index < -0.39 is 24.0 Å². The van der Waals surface area contributed by atoms with Gasteiger partial charge in [-0.3, -0.25) is 4.79 Å². The van der Waals surface area contributed by atoms with E-state index in [-0.39, 0.29) is 19.8 Å². The van der Waals surface area contributed by atoms with Gasteiger partial charge in [-0.1, -0.05) is 0 Å². The van der Waals surface area contributed by atoms with Crippen molar-refractivity contribution in [3.8, 4) is 0 Å². The molecule has 0 aliphatic rings. The lowest BCUT2D eigenvalue weighted by Gasteiger charge is -2.15. The Morgan fingerprint density at radius 2 is 1.89 bits per heavy atom. The summed E-state index contributed by atoms with van der Waals surface area (Å²) < 4.78 is 45.3. The van der Waals surface area contributed by atoms with Gasteiger partial charge in [0.1, 0.15) is 0 Å². The molecule has 0 spiro atoms. The summed E-state index contributed by atoms with van der Waals surface area (Å²) in [5.74, 6) is -2.60. The molecule has 0 radical (unpaired) electrons. The molecule has 0 aliphatic carbocycles. The van der Waals surface area contributed by atoms with Gasteiger partial charge in [-0.2, -0.15) is 13.2 Å². The van der Waals surface area contributed by atoms with Crippen LogP contribution < -0.4 is 5.32 Å². The molecule has 1 atom stereocenters. The van der Waals surface area contributed by atoms with Crippen LogP contribution in [-0.4, -0.2) is 43.8 Å². The van der Waals surface area contributed by atoms with Crippen LogP contribution in [-0.2, 0) is 19.1 Å². The van der Waals surface area contributed by atoms with E-state index in [1.165, 1.54) is 0 Å². The molecule has 0 fully saturated rings. The SMILES string of the molecule is CCOC(=O)C(CNC=CC(=O)C(F)(F)F)OCC. The lowest BCUT2D eigenvalue weighted by Crippen LogP contribution is -2.35. The number of rotatable bonds is 8. The van der Waals surface area contributed by atoms with Crippen LogP contribution >= 0.6 is 0 Å². The van der Waals surface area contributed by atoms with Gasteiger partial charge >= 0.3 is 12.1 Å². The summed E-state index contributed by atoms with van der Waals surface area (Å²) in [4.78, 5) is 21.9. The number of carbonyl (C=O) groups excluding carboxylic acids is 2. The number of hydrogen-bond donors (Lipinski definition) is 1. The van der Waals surface area contributed by atoms with E-state index >= 15 is 0 Å². The number of ketones is 1. The van der Waals surface area contributed by atoms with Gasteiger partial charge in [0, 0.05) is 18.9 Å². The van der Waals surface area contributed by atoms with Crippen molar-refractivity contribution in [1.82, 2.24) is 5.32 Å². The van der Waals surface area contributed by atoms with Crippen LogP contribution in [0.25, 0.3) is 0 Å². The Morgan fingerprint density at radius 3 is 2.37 bits per heavy atom. The summed E-state index contributed by atoms with van der Waals surface area (Å²) in [6.07, 6.45) is -4.68. The van der Waals surface area contributed by atoms with Crippen molar-refractivity contribution in [1.29, 1.82) is 0 Å². The van der Waals surface area contributed by atoms with Gasteiger partial charge in [-0.15, -0.1) is 0 Å². The largest absolute Gasteiger partial charge is 0.464 e. The van der Waals surface area contributed by atoms with E-state index in [9.17, 15) is 22.8 Å². The summed E-state index contributed by atoms with van der Waals surface area (Å²) in [7, 11) is 0. The van der Waals surface area contributed by atoms with E-state index in [4.69, 9.17) is 9.47 Å². The fraction of sp³-hybridized carbons (Fsp3) is 0.636. The van der Waals surface area contributed by atoms with Crippen LogP contribution in [0.4, 0.5) is 13.2 Å². The van der Waals surface area contributed by atoms with Crippen LogP contribution in [0.1, 0.15) is 13.8 Å². The van der Waals surface area contributed by atoms with Crippen LogP contribution in [0, 0.1) is 0 Å². The zero-order valence-corrected chi connectivity index (χ0v) is 10.6. The zero-order valence-electron chi connectivity index (χ0n) is 10.6. The summed E-state index contributed by atoms with van der Waals surface area (Å²) in [5, 5.41) is 2.39. The highest BCUT2D eigenvalue weighted by atomic mass is 19.4. The Labute approximate surface area is 108 Å². The molecule has 0 aromatic rings. The molecular formula is C11H16F3NO4. The van der Waals surface area contributed by atoms with Crippen molar-refractivity contribution in [2.45, 2.75) is 26.1 Å². The molecule has 5 nitrogen and oxygen atoms in total. The van der Waals surface area contributed by atoms with E-state index in [0.29, 0.717) is 6.08 Å². The summed E-state index contributed by atoms with van der Waals surface area (Å²) in [6.45, 7) is 3.61. The number of halogens is 3. The first-order chi connectivity index (χ1) is 8.82. The second-order valence-corrected chi connectivity index (χ2v) is 3.30. The fourth-order valence-electron chi connectivity index (χ4n) is 1.05.